The predicted octanol–water partition coefficient (Wildman–Crippen LogP) is 1.50. The molecule has 0 aliphatic rings. The summed E-state index contributed by atoms with van der Waals surface area (Å²) in [6.07, 6.45) is -0.425. The monoisotopic (exact) mass is 251 g/mol. The van der Waals surface area contributed by atoms with Crippen LogP contribution in [0.2, 0.25) is 0 Å². The van der Waals surface area contributed by atoms with Crippen LogP contribution in [0.3, 0.4) is 0 Å². The molecule has 18 heavy (non-hydrogen) atoms. The number of anilines is 1. The van der Waals surface area contributed by atoms with Crippen molar-refractivity contribution < 1.29 is 14.4 Å². The van der Waals surface area contributed by atoms with Gasteiger partial charge < -0.3 is 14.8 Å². The van der Waals surface area contributed by atoms with Gasteiger partial charge in [-0.05, 0) is 12.1 Å². The molecule has 0 unspecified atom stereocenters. The third kappa shape index (κ3) is 3.41. The summed E-state index contributed by atoms with van der Waals surface area (Å²) in [5.41, 5.74) is 0.394. The zero-order valence-electron chi connectivity index (χ0n) is 10.0. The zero-order chi connectivity index (χ0) is 13.5. The largest absolute Gasteiger partial charge is 0.380 e. The molecule has 0 fully saturated rings. The molecule has 0 saturated carbocycles. The van der Waals surface area contributed by atoms with Crippen LogP contribution in [0.25, 0.3) is 0 Å². The highest BCUT2D eigenvalue weighted by molar-refractivity contribution is 5.58. The molecule has 0 aliphatic carbocycles. The molecular weight excluding hydrogens is 238 g/mol. The molecule has 7 heteroatoms. The molecule has 0 radical (unpaired) electrons. The van der Waals surface area contributed by atoms with E-state index in [1.807, 2.05) is 0 Å². The minimum Gasteiger partial charge on any atom is -0.380 e. The second-order valence-electron chi connectivity index (χ2n) is 3.38. The predicted molar refractivity (Wildman–Crippen MR) is 64.1 cm³/mol. The average molecular weight is 251 g/mol. The average Bonchev–Trinajstić information content (AvgIpc) is 2.39. The fourth-order valence-corrected chi connectivity index (χ4v) is 1.36. The normalized spacial score (nSPS) is 10.1. The van der Waals surface area contributed by atoms with Crippen molar-refractivity contribution in [3.8, 4) is 6.07 Å². The summed E-state index contributed by atoms with van der Waals surface area (Å²) in [6, 6.07) is 6.02. The first-order valence-corrected chi connectivity index (χ1v) is 5.10. The van der Waals surface area contributed by atoms with E-state index in [0.29, 0.717) is 12.2 Å². The van der Waals surface area contributed by atoms with Gasteiger partial charge in [0.1, 0.15) is 11.6 Å². The van der Waals surface area contributed by atoms with Crippen LogP contribution < -0.4 is 5.32 Å². The van der Waals surface area contributed by atoms with Gasteiger partial charge in [0.25, 0.3) is 5.69 Å². The Morgan fingerprint density at radius 1 is 1.50 bits per heavy atom. The van der Waals surface area contributed by atoms with E-state index >= 15 is 0 Å². The van der Waals surface area contributed by atoms with Crippen molar-refractivity contribution in [1.29, 1.82) is 5.26 Å². The Kier molecular flexibility index (Phi) is 5.05. The summed E-state index contributed by atoms with van der Waals surface area (Å²) in [5.74, 6) is 0. The quantitative estimate of drug-likeness (QED) is 0.467. The number of hydrogen-bond acceptors (Lipinski definition) is 6. The molecule has 1 rings (SSSR count). The fourth-order valence-electron chi connectivity index (χ4n) is 1.36. The van der Waals surface area contributed by atoms with Gasteiger partial charge in [0.05, 0.1) is 11.5 Å². The smallest absolute Gasteiger partial charge is 0.287 e. The van der Waals surface area contributed by atoms with Crippen LogP contribution in [-0.4, -0.2) is 32.0 Å². The first kappa shape index (κ1) is 13.9. The van der Waals surface area contributed by atoms with Crippen LogP contribution in [-0.2, 0) is 9.47 Å². The van der Waals surface area contributed by atoms with Crippen molar-refractivity contribution in [3.05, 3.63) is 33.9 Å². The highest BCUT2D eigenvalue weighted by Crippen LogP contribution is 2.21. The van der Waals surface area contributed by atoms with Crippen LogP contribution in [0.5, 0.6) is 0 Å². The van der Waals surface area contributed by atoms with E-state index in [1.165, 1.54) is 32.4 Å². The number of nitro groups is 1. The third-order valence-electron chi connectivity index (χ3n) is 2.31. The Hall–Kier alpha value is -2.17. The first-order valence-electron chi connectivity index (χ1n) is 5.10. The summed E-state index contributed by atoms with van der Waals surface area (Å²) in [7, 11) is 3.01. The van der Waals surface area contributed by atoms with Gasteiger partial charge in [-0.3, -0.25) is 10.1 Å². The van der Waals surface area contributed by atoms with Crippen LogP contribution in [0.1, 0.15) is 5.56 Å². The van der Waals surface area contributed by atoms with Crippen molar-refractivity contribution in [2.24, 2.45) is 0 Å². The number of benzene rings is 1. The van der Waals surface area contributed by atoms with E-state index < -0.39 is 11.2 Å². The number of nitriles is 1. The Morgan fingerprint density at radius 3 is 2.67 bits per heavy atom. The molecule has 7 nitrogen and oxygen atoms in total. The molecule has 0 bridgehead atoms. The highest BCUT2D eigenvalue weighted by atomic mass is 16.7. The van der Waals surface area contributed by atoms with Gasteiger partial charge in [-0.2, -0.15) is 5.26 Å². The topological polar surface area (TPSA) is 97.4 Å². The Bertz CT molecular complexity index is 466. The van der Waals surface area contributed by atoms with Crippen LogP contribution in [0.15, 0.2) is 18.2 Å². The second-order valence-corrected chi connectivity index (χ2v) is 3.38. The van der Waals surface area contributed by atoms with Crippen molar-refractivity contribution in [2.45, 2.75) is 6.29 Å². The minimum absolute atomic E-state index is 0.0105. The lowest BCUT2D eigenvalue weighted by molar-refractivity contribution is -0.385. The molecule has 96 valence electrons. The van der Waals surface area contributed by atoms with Crippen molar-refractivity contribution in [2.75, 3.05) is 26.1 Å². The molecular formula is C11H13N3O4. The number of ether oxygens (including phenoxy) is 2. The Balaban J connectivity index is 2.81. The zero-order valence-corrected chi connectivity index (χ0v) is 10.0. The van der Waals surface area contributed by atoms with Crippen molar-refractivity contribution in [1.82, 2.24) is 0 Å². The molecule has 0 atom stereocenters. The SMILES string of the molecule is COC(CNc1ccc([N+](=O)[O-])c(C#N)c1)OC. The number of methoxy groups -OCH3 is 2. The van der Waals surface area contributed by atoms with E-state index in [1.54, 1.807) is 6.07 Å². The highest BCUT2D eigenvalue weighted by Gasteiger charge is 2.14. The van der Waals surface area contributed by atoms with E-state index in [4.69, 9.17) is 14.7 Å². The number of nitrogens with one attached hydrogen (secondary N) is 1. The molecule has 0 amide bonds. The lowest BCUT2D eigenvalue weighted by Gasteiger charge is -2.14. The van der Waals surface area contributed by atoms with E-state index in [-0.39, 0.29) is 11.3 Å². The van der Waals surface area contributed by atoms with Gasteiger partial charge in [0.15, 0.2) is 6.29 Å². The lowest BCUT2D eigenvalue weighted by Crippen LogP contribution is -2.23. The maximum Gasteiger partial charge on any atom is 0.287 e. The van der Waals surface area contributed by atoms with Gasteiger partial charge in [-0.1, -0.05) is 0 Å². The summed E-state index contributed by atoms with van der Waals surface area (Å²) < 4.78 is 9.96. The minimum atomic E-state index is -0.588. The van der Waals surface area contributed by atoms with Gasteiger partial charge in [0, 0.05) is 26.0 Å². The standard InChI is InChI=1S/C11H13N3O4/c1-17-11(18-2)7-13-9-3-4-10(14(15)16)8(5-9)6-12/h3-5,11,13H,7H2,1-2H3. The van der Waals surface area contributed by atoms with Crippen molar-refractivity contribution >= 4 is 11.4 Å². The summed E-state index contributed by atoms with van der Waals surface area (Å²) in [6.45, 7) is 0.371. The second kappa shape index (κ2) is 6.54. The Labute approximate surface area is 104 Å². The Morgan fingerprint density at radius 2 is 2.17 bits per heavy atom. The van der Waals surface area contributed by atoms with Gasteiger partial charge in [-0.15, -0.1) is 0 Å². The molecule has 0 heterocycles. The number of nitro benzene ring substituents is 1. The van der Waals surface area contributed by atoms with E-state index in [0.717, 1.165) is 0 Å². The lowest BCUT2D eigenvalue weighted by atomic mass is 10.2. The van der Waals surface area contributed by atoms with E-state index in [9.17, 15) is 10.1 Å². The van der Waals surface area contributed by atoms with Crippen LogP contribution in [0.4, 0.5) is 11.4 Å². The molecule has 1 N–H and O–H groups in total. The third-order valence-corrected chi connectivity index (χ3v) is 2.31. The van der Waals surface area contributed by atoms with Gasteiger partial charge >= 0.3 is 0 Å². The molecule has 0 aliphatic heterocycles. The first-order chi connectivity index (χ1) is 8.62. The number of nitrogens with zero attached hydrogens (tertiary/aromatic N) is 2. The van der Waals surface area contributed by atoms with Crippen LogP contribution >= 0.6 is 0 Å². The van der Waals surface area contributed by atoms with E-state index in [2.05, 4.69) is 5.32 Å². The molecule has 1 aromatic rings. The maximum atomic E-state index is 10.6. The molecule has 0 saturated heterocycles. The number of rotatable bonds is 6. The number of hydrogen-bond donors (Lipinski definition) is 1. The van der Waals surface area contributed by atoms with Gasteiger partial charge in [0.2, 0.25) is 0 Å². The summed E-state index contributed by atoms with van der Waals surface area (Å²) in [4.78, 5) is 10.1. The molecule has 0 aromatic heterocycles. The summed E-state index contributed by atoms with van der Waals surface area (Å²) >= 11 is 0. The van der Waals surface area contributed by atoms with Gasteiger partial charge in [-0.25, -0.2) is 0 Å². The summed E-state index contributed by atoms with van der Waals surface area (Å²) in [5, 5.41) is 22.4. The fraction of sp³-hybridized carbons (Fsp3) is 0.364. The maximum absolute atomic E-state index is 10.6. The van der Waals surface area contributed by atoms with Crippen molar-refractivity contribution in [3.63, 3.8) is 0 Å². The molecule has 0 spiro atoms. The molecule has 1 aromatic carbocycles. The van der Waals surface area contributed by atoms with Crippen LogP contribution in [0, 0.1) is 21.4 Å².